The lowest BCUT2D eigenvalue weighted by Gasteiger charge is -2.29. The number of primary amides is 1. The number of nitrogens with two attached hydrogens (primary N) is 1. The molecule has 0 heterocycles. The van der Waals surface area contributed by atoms with E-state index in [4.69, 9.17) is 33.7 Å². The SMILES string of the molecule is NC(=O)COc1ccc(NC(=O)C2(c3ccc(Cl)cc3Cl)CCCC2)cc1. The number of ether oxygens (including phenoxy) is 1. The largest absolute Gasteiger partial charge is 0.484 e. The topological polar surface area (TPSA) is 81.4 Å². The van der Waals surface area contributed by atoms with Gasteiger partial charge in [0.15, 0.2) is 6.61 Å². The lowest BCUT2D eigenvalue weighted by atomic mass is 9.78. The lowest BCUT2D eigenvalue weighted by Crippen LogP contribution is -2.38. The van der Waals surface area contributed by atoms with Crippen molar-refractivity contribution >= 4 is 40.7 Å². The summed E-state index contributed by atoms with van der Waals surface area (Å²) in [6.07, 6.45) is 3.40. The molecule has 0 radical (unpaired) electrons. The van der Waals surface area contributed by atoms with Crippen LogP contribution < -0.4 is 15.8 Å². The molecule has 0 saturated heterocycles. The zero-order chi connectivity index (χ0) is 19.4. The molecule has 2 amide bonds. The average Bonchev–Trinajstić information content (AvgIpc) is 3.12. The minimum absolute atomic E-state index is 0.0879. The van der Waals surface area contributed by atoms with E-state index in [1.807, 2.05) is 6.07 Å². The van der Waals surface area contributed by atoms with Crippen LogP contribution in [0, 0.1) is 0 Å². The van der Waals surface area contributed by atoms with Crippen molar-refractivity contribution in [3.8, 4) is 5.75 Å². The third kappa shape index (κ3) is 4.37. The van der Waals surface area contributed by atoms with Crippen molar-refractivity contribution < 1.29 is 14.3 Å². The summed E-state index contributed by atoms with van der Waals surface area (Å²) >= 11 is 12.4. The summed E-state index contributed by atoms with van der Waals surface area (Å²) in [5.74, 6) is -0.131. The van der Waals surface area contributed by atoms with Crippen LogP contribution in [-0.2, 0) is 15.0 Å². The molecule has 1 aliphatic carbocycles. The lowest BCUT2D eigenvalue weighted by molar-refractivity contribution is -0.121. The van der Waals surface area contributed by atoms with Gasteiger partial charge in [0.1, 0.15) is 5.75 Å². The normalized spacial score (nSPS) is 15.3. The zero-order valence-corrected chi connectivity index (χ0v) is 16.1. The van der Waals surface area contributed by atoms with E-state index in [0.29, 0.717) is 21.5 Å². The van der Waals surface area contributed by atoms with E-state index in [9.17, 15) is 9.59 Å². The Morgan fingerprint density at radius 2 is 1.74 bits per heavy atom. The maximum Gasteiger partial charge on any atom is 0.255 e. The number of nitrogens with one attached hydrogen (secondary N) is 1. The standard InChI is InChI=1S/C20H20Cl2N2O3/c21-13-3-8-16(17(22)11-13)20(9-1-2-10-20)19(26)24-14-4-6-15(7-5-14)27-12-18(23)25/h3-8,11H,1-2,9-10,12H2,(H2,23,25)(H,24,26). The van der Waals surface area contributed by atoms with E-state index in [-0.39, 0.29) is 12.5 Å². The molecule has 0 spiro atoms. The van der Waals surface area contributed by atoms with Crippen LogP contribution in [0.3, 0.4) is 0 Å². The van der Waals surface area contributed by atoms with Crippen LogP contribution in [0.5, 0.6) is 5.75 Å². The molecule has 0 unspecified atom stereocenters. The van der Waals surface area contributed by atoms with Gasteiger partial charge in [0, 0.05) is 15.7 Å². The first-order valence-electron chi connectivity index (χ1n) is 8.69. The Balaban J connectivity index is 1.79. The number of rotatable bonds is 6. The predicted octanol–water partition coefficient (Wildman–Crippen LogP) is 4.31. The average molecular weight is 407 g/mol. The highest BCUT2D eigenvalue weighted by Crippen LogP contribution is 2.45. The van der Waals surface area contributed by atoms with Crippen molar-refractivity contribution in [1.82, 2.24) is 0 Å². The minimum Gasteiger partial charge on any atom is -0.484 e. The number of anilines is 1. The van der Waals surface area contributed by atoms with E-state index >= 15 is 0 Å². The van der Waals surface area contributed by atoms with Gasteiger partial charge in [-0.25, -0.2) is 0 Å². The Labute approximate surface area is 167 Å². The third-order valence-corrected chi connectivity index (χ3v) is 5.38. The second kappa shape index (κ2) is 8.19. The van der Waals surface area contributed by atoms with Crippen LogP contribution in [0.15, 0.2) is 42.5 Å². The van der Waals surface area contributed by atoms with E-state index < -0.39 is 11.3 Å². The van der Waals surface area contributed by atoms with Gasteiger partial charge >= 0.3 is 0 Å². The van der Waals surface area contributed by atoms with Gasteiger partial charge in [-0.05, 0) is 54.8 Å². The number of hydrogen-bond acceptors (Lipinski definition) is 3. The summed E-state index contributed by atoms with van der Waals surface area (Å²) in [5, 5.41) is 4.03. The monoisotopic (exact) mass is 406 g/mol. The molecule has 0 aromatic heterocycles. The van der Waals surface area contributed by atoms with Crippen molar-refractivity contribution in [3.05, 3.63) is 58.1 Å². The van der Waals surface area contributed by atoms with Crippen molar-refractivity contribution in [2.24, 2.45) is 5.73 Å². The summed E-state index contributed by atoms with van der Waals surface area (Å²) in [6, 6.07) is 12.1. The first-order valence-corrected chi connectivity index (χ1v) is 9.44. The molecular formula is C20H20Cl2N2O3. The van der Waals surface area contributed by atoms with Gasteiger partial charge in [-0.2, -0.15) is 0 Å². The summed E-state index contributed by atoms with van der Waals surface area (Å²) in [7, 11) is 0. The van der Waals surface area contributed by atoms with Crippen LogP contribution in [0.2, 0.25) is 10.0 Å². The van der Waals surface area contributed by atoms with Gasteiger partial charge < -0.3 is 15.8 Å². The first kappa shape index (κ1) is 19.5. The minimum atomic E-state index is -0.664. The maximum absolute atomic E-state index is 13.2. The van der Waals surface area contributed by atoms with E-state index in [0.717, 1.165) is 31.2 Å². The van der Waals surface area contributed by atoms with Gasteiger partial charge in [-0.15, -0.1) is 0 Å². The molecule has 3 rings (SSSR count). The number of amides is 2. The highest BCUT2D eigenvalue weighted by molar-refractivity contribution is 6.35. The van der Waals surface area contributed by atoms with Crippen LogP contribution in [-0.4, -0.2) is 18.4 Å². The van der Waals surface area contributed by atoms with Gasteiger partial charge in [0.2, 0.25) is 5.91 Å². The van der Waals surface area contributed by atoms with Gasteiger partial charge in [0.25, 0.3) is 5.91 Å². The zero-order valence-electron chi connectivity index (χ0n) is 14.6. The molecule has 0 bridgehead atoms. The molecule has 0 atom stereocenters. The number of hydrogen-bond donors (Lipinski definition) is 2. The Kier molecular flexibility index (Phi) is 5.92. The van der Waals surface area contributed by atoms with E-state index in [2.05, 4.69) is 5.32 Å². The van der Waals surface area contributed by atoms with Crippen molar-refractivity contribution in [3.63, 3.8) is 0 Å². The second-order valence-electron chi connectivity index (χ2n) is 6.65. The van der Waals surface area contributed by atoms with E-state index in [1.54, 1.807) is 36.4 Å². The molecule has 3 N–H and O–H groups in total. The summed E-state index contributed by atoms with van der Waals surface area (Å²) < 4.78 is 5.23. The van der Waals surface area contributed by atoms with Crippen LogP contribution in [0.25, 0.3) is 0 Å². The highest BCUT2D eigenvalue weighted by atomic mass is 35.5. The predicted molar refractivity (Wildman–Crippen MR) is 106 cm³/mol. The molecule has 2 aromatic rings. The second-order valence-corrected chi connectivity index (χ2v) is 7.49. The molecule has 1 fully saturated rings. The Morgan fingerprint density at radius 1 is 1.07 bits per heavy atom. The van der Waals surface area contributed by atoms with Crippen LogP contribution in [0.4, 0.5) is 5.69 Å². The fourth-order valence-electron chi connectivity index (χ4n) is 3.51. The summed E-state index contributed by atoms with van der Waals surface area (Å²) in [5.41, 5.74) is 5.85. The Bertz CT molecular complexity index is 847. The third-order valence-electron chi connectivity index (χ3n) is 4.83. The molecule has 1 aliphatic rings. The molecule has 1 saturated carbocycles. The molecule has 142 valence electrons. The Hall–Kier alpha value is -2.24. The quantitative estimate of drug-likeness (QED) is 0.749. The number of halogens is 2. The van der Waals surface area contributed by atoms with Crippen LogP contribution in [0.1, 0.15) is 31.2 Å². The number of carbonyl (C=O) groups is 2. The van der Waals surface area contributed by atoms with Crippen molar-refractivity contribution in [2.45, 2.75) is 31.1 Å². The molecule has 5 nitrogen and oxygen atoms in total. The van der Waals surface area contributed by atoms with Crippen LogP contribution >= 0.6 is 23.2 Å². The molecule has 27 heavy (non-hydrogen) atoms. The fraction of sp³-hybridized carbons (Fsp3) is 0.300. The summed E-state index contributed by atoms with van der Waals surface area (Å²) in [6.45, 7) is -0.191. The molecular weight excluding hydrogens is 387 g/mol. The van der Waals surface area contributed by atoms with E-state index in [1.165, 1.54) is 0 Å². The number of benzene rings is 2. The fourth-order valence-corrected chi connectivity index (χ4v) is 4.10. The smallest absolute Gasteiger partial charge is 0.255 e. The van der Waals surface area contributed by atoms with Gasteiger partial charge in [-0.3, -0.25) is 9.59 Å². The Morgan fingerprint density at radius 3 is 2.33 bits per heavy atom. The van der Waals surface area contributed by atoms with Gasteiger partial charge in [0.05, 0.1) is 5.41 Å². The van der Waals surface area contributed by atoms with Gasteiger partial charge in [-0.1, -0.05) is 42.1 Å². The maximum atomic E-state index is 13.2. The van der Waals surface area contributed by atoms with Crippen molar-refractivity contribution in [1.29, 1.82) is 0 Å². The summed E-state index contributed by atoms with van der Waals surface area (Å²) in [4.78, 5) is 24.0. The van der Waals surface area contributed by atoms with Crippen molar-refractivity contribution in [2.75, 3.05) is 11.9 Å². The highest BCUT2D eigenvalue weighted by Gasteiger charge is 2.44. The molecule has 0 aliphatic heterocycles. The number of carbonyl (C=O) groups excluding carboxylic acids is 2. The molecule has 2 aromatic carbocycles. The first-order chi connectivity index (χ1) is 12.9. The molecule has 7 heteroatoms.